The number of ether oxygens (including phenoxy) is 1. The van der Waals surface area contributed by atoms with Crippen molar-refractivity contribution in [3.05, 3.63) is 59.7 Å². The molecule has 4 heteroatoms. The zero-order valence-electron chi connectivity index (χ0n) is 15.3. The first-order valence-electron chi connectivity index (χ1n) is 9.18. The van der Waals surface area contributed by atoms with Gasteiger partial charge in [0.2, 0.25) is 0 Å². The summed E-state index contributed by atoms with van der Waals surface area (Å²) in [4.78, 5) is 8.43. The van der Waals surface area contributed by atoms with Crippen LogP contribution in [-0.2, 0) is 6.42 Å². The van der Waals surface area contributed by atoms with Crippen molar-refractivity contribution in [2.75, 3.05) is 0 Å². The second kappa shape index (κ2) is 5.59. The van der Waals surface area contributed by atoms with E-state index in [2.05, 4.69) is 37.0 Å². The number of nitrogens with one attached hydrogen (secondary N) is 1. The van der Waals surface area contributed by atoms with Crippen molar-refractivity contribution >= 4 is 21.8 Å². The Labute approximate surface area is 157 Å². The van der Waals surface area contributed by atoms with Crippen LogP contribution in [0.3, 0.4) is 0 Å². The number of fused-ring (bicyclic) bond motifs is 6. The third kappa shape index (κ3) is 2.47. The number of nitrogens with zero attached hydrogens (tertiary/aromatic N) is 2. The molecular weight excluding hydrogens is 334 g/mol. The lowest BCUT2D eigenvalue weighted by atomic mass is 9.91. The van der Waals surface area contributed by atoms with E-state index in [1.54, 1.807) is 6.07 Å². The third-order valence-corrected chi connectivity index (χ3v) is 5.33. The Balaban J connectivity index is 1.82. The summed E-state index contributed by atoms with van der Waals surface area (Å²) >= 11 is 0. The number of nitriles is 1. The van der Waals surface area contributed by atoms with E-state index in [4.69, 9.17) is 9.72 Å². The van der Waals surface area contributed by atoms with Crippen LogP contribution in [0.5, 0.6) is 5.75 Å². The molecule has 3 aromatic carbocycles. The molecule has 0 radical (unpaired) electrons. The Bertz CT molecular complexity index is 1240. The van der Waals surface area contributed by atoms with Crippen LogP contribution in [0.1, 0.15) is 31.4 Å². The predicted molar refractivity (Wildman–Crippen MR) is 107 cm³/mol. The molecule has 1 N–H and O–H groups in total. The quantitative estimate of drug-likeness (QED) is 0.501. The van der Waals surface area contributed by atoms with Crippen molar-refractivity contribution in [3.8, 4) is 23.2 Å². The van der Waals surface area contributed by atoms with Gasteiger partial charge in [-0.05, 0) is 38.8 Å². The Hall–Kier alpha value is -3.32. The van der Waals surface area contributed by atoms with Gasteiger partial charge in [-0.1, -0.05) is 36.4 Å². The van der Waals surface area contributed by atoms with Gasteiger partial charge in [0.15, 0.2) is 0 Å². The van der Waals surface area contributed by atoms with E-state index in [1.807, 2.05) is 30.3 Å². The molecule has 0 unspecified atom stereocenters. The normalized spacial score (nSPS) is 15.3. The standard InChI is InChI=1S/C23H19N3O/c1-23(2)11-10-18-20-19(16-8-3-4-9-17(16)21(18)27-23)25-22(26-20)15-7-5-6-14(12-15)13-24/h3-9,12H,10-11H2,1-2H3,(H,25,26). The SMILES string of the molecule is CC1(C)CCc2c(c3ccccc3c3[nH]c(-c4cccc(C#N)c4)nc23)O1. The van der Waals surface area contributed by atoms with Gasteiger partial charge < -0.3 is 9.72 Å². The average molecular weight is 353 g/mol. The van der Waals surface area contributed by atoms with Gasteiger partial charge in [0, 0.05) is 21.9 Å². The van der Waals surface area contributed by atoms with E-state index < -0.39 is 0 Å². The fourth-order valence-corrected chi connectivity index (χ4v) is 3.93. The van der Waals surface area contributed by atoms with Gasteiger partial charge >= 0.3 is 0 Å². The molecule has 4 nitrogen and oxygen atoms in total. The van der Waals surface area contributed by atoms with E-state index in [1.165, 1.54) is 5.56 Å². The molecule has 0 fully saturated rings. The summed E-state index contributed by atoms with van der Waals surface area (Å²) in [5.74, 6) is 1.74. The van der Waals surface area contributed by atoms with Crippen LogP contribution in [0.15, 0.2) is 48.5 Å². The molecule has 0 bridgehead atoms. The minimum atomic E-state index is -0.177. The van der Waals surface area contributed by atoms with E-state index in [0.29, 0.717) is 5.56 Å². The van der Waals surface area contributed by atoms with Crippen molar-refractivity contribution in [1.82, 2.24) is 9.97 Å². The molecule has 27 heavy (non-hydrogen) atoms. The molecule has 0 saturated heterocycles. The van der Waals surface area contributed by atoms with E-state index in [9.17, 15) is 5.26 Å². The summed E-state index contributed by atoms with van der Waals surface area (Å²) in [6, 6.07) is 18.1. The maximum Gasteiger partial charge on any atom is 0.138 e. The molecule has 0 atom stereocenters. The first-order chi connectivity index (χ1) is 13.1. The number of hydrogen-bond acceptors (Lipinski definition) is 3. The first kappa shape index (κ1) is 15.9. The number of hydrogen-bond donors (Lipinski definition) is 1. The molecule has 0 amide bonds. The van der Waals surface area contributed by atoms with Gasteiger partial charge in [-0.3, -0.25) is 0 Å². The van der Waals surface area contributed by atoms with E-state index in [-0.39, 0.29) is 5.60 Å². The highest BCUT2D eigenvalue weighted by Gasteiger charge is 2.30. The van der Waals surface area contributed by atoms with E-state index >= 15 is 0 Å². The van der Waals surface area contributed by atoms with Crippen LogP contribution in [0.2, 0.25) is 0 Å². The number of benzene rings is 3. The minimum absolute atomic E-state index is 0.177. The van der Waals surface area contributed by atoms with Crippen LogP contribution in [-0.4, -0.2) is 15.6 Å². The van der Waals surface area contributed by atoms with Gasteiger partial charge in [-0.2, -0.15) is 5.26 Å². The predicted octanol–water partition coefficient (Wildman–Crippen LogP) is 5.36. The minimum Gasteiger partial charge on any atom is -0.487 e. The Morgan fingerprint density at radius 1 is 1.11 bits per heavy atom. The molecule has 4 aromatic rings. The number of imidazole rings is 1. The van der Waals surface area contributed by atoms with Crippen molar-refractivity contribution in [2.24, 2.45) is 0 Å². The van der Waals surface area contributed by atoms with Gasteiger partial charge in [-0.25, -0.2) is 4.98 Å². The smallest absolute Gasteiger partial charge is 0.138 e. The number of H-pyrrole nitrogens is 1. The fourth-order valence-electron chi connectivity index (χ4n) is 3.93. The molecule has 0 spiro atoms. The Morgan fingerprint density at radius 3 is 2.74 bits per heavy atom. The summed E-state index contributed by atoms with van der Waals surface area (Å²) < 4.78 is 6.40. The monoisotopic (exact) mass is 353 g/mol. The largest absolute Gasteiger partial charge is 0.487 e. The molecule has 1 aliphatic rings. The molecule has 0 saturated carbocycles. The zero-order chi connectivity index (χ0) is 18.6. The van der Waals surface area contributed by atoms with Crippen molar-refractivity contribution in [2.45, 2.75) is 32.3 Å². The number of aryl methyl sites for hydroxylation is 1. The fraction of sp³-hybridized carbons (Fsp3) is 0.217. The highest BCUT2D eigenvalue weighted by Crippen LogP contribution is 2.43. The Morgan fingerprint density at radius 2 is 1.93 bits per heavy atom. The number of aromatic amines is 1. The summed E-state index contributed by atoms with van der Waals surface area (Å²) in [5.41, 5.74) is 4.54. The second-order valence-corrected chi connectivity index (χ2v) is 7.72. The van der Waals surface area contributed by atoms with Gasteiger partial charge in [0.1, 0.15) is 17.2 Å². The average Bonchev–Trinajstić information content (AvgIpc) is 3.13. The molecule has 1 aliphatic heterocycles. The first-order valence-corrected chi connectivity index (χ1v) is 9.18. The van der Waals surface area contributed by atoms with Gasteiger partial charge in [-0.15, -0.1) is 0 Å². The molecular formula is C23H19N3O. The second-order valence-electron chi connectivity index (χ2n) is 7.72. The number of rotatable bonds is 1. The summed E-state index contributed by atoms with van der Waals surface area (Å²) in [6.07, 6.45) is 1.89. The molecule has 1 aromatic heterocycles. The van der Waals surface area contributed by atoms with Gasteiger partial charge in [0.25, 0.3) is 0 Å². The van der Waals surface area contributed by atoms with Crippen LogP contribution in [0.4, 0.5) is 0 Å². The van der Waals surface area contributed by atoms with Crippen LogP contribution in [0.25, 0.3) is 33.2 Å². The highest BCUT2D eigenvalue weighted by molar-refractivity contribution is 6.10. The van der Waals surface area contributed by atoms with Crippen molar-refractivity contribution in [3.63, 3.8) is 0 Å². The lowest BCUT2D eigenvalue weighted by Crippen LogP contribution is -2.32. The lowest BCUT2D eigenvalue weighted by Gasteiger charge is -2.33. The molecule has 2 heterocycles. The maximum atomic E-state index is 9.20. The lowest BCUT2D eigenvalue weighted by molar-refractivity contribution is 0.0873. The molecule has 0 aliphatic carbocycles. The highest BCUT2D eigenvalue weighted by atomic mass is 16.5. The third-order valence-electron chi connectivity index (χ3n) is 5.33. The van der Waals surface area contributed by atoms with Crippen molar-refractivity contribution < 1.29 is 4.74 Å². The van der Waals surface area contributed by atoms with Crippen LogP contribution in [0, 0.1) is 11.3 Å². The summed E-state index contributed by atoms with van der Waals surface area (Å²) in [7, 11) is 0. The van der Waals surface area contributed by atoms with Crippen molar-refractivity contribution in [1.29, 1.82) is 5.26 Å². The zero-order valence-corrected chi connectivity index (χ0v) is 15.3. The topological polar surface area (TPSA) is 61.7 Å². The van der Waals surface area contributed by atoms with Crippen LogP contribution < -0.4 is 4.74 Å². The molecule has 5 rings (SSSR count). The van der Waals surface area contributed by atoms with E-state index in [0.717, 1.165) is 51.8 Å². The van der Waals surface area contributed by atoms with Crippen LogP contribution >= 0.6 is 0 Å². The molecule has 132 valence electrons. The number of aromatic nitrogens is 2. The summed E-state index contributed by atoms with van der Waals surface area (Å²) in [5, 5.41) is 11.4. The maximum absolute atomic E-state index is 9.20. The van der Waals surface area contributed by atoms with Gasteiger partial charge in [0.05, 0.1) is 22.7 Å². The Kier molecular flexibility index (Phi) is 3.29. The summed E-state index contributed by atoms with van der Waals surface area (Å²) in [6.45, 7) is 4.27.